The lowest BCUT2D eigenvalue weighted by Crippen LogP contribution is -1.98. The van der Waals surface area contributed by atoms with Gasteiger partial charge < -0.3 is 9.61 Å². The van der Waals surface area contributed by atoms with Crippen LogP contribution in [-0.4, -0.2) is 12.4 Å². The predicted molar refractivity (Wildman–Crippen MR) is 76.6 cm³/mol. The lowest BCUT2D eigenvalue weighted by atomic mass is 10.3. The average Bonchev–Trinajstić information content (AvgIpc) is 2.31. The third-order valence-electron chi connectivity index (χ3n) is 1.90. The lowest BCUT2D eigenvalue weighted by Gasteiger charge is -2.16. The van der Waals surface area contributed by atoms with E-state index in [4.69, 9.17) is 4.52 Å². The van der Waals surface area contributed by atoms with E-state index >= 15 is 0 Å². The van der Waals surface area contributed by atoms with Gasteiger partial charge in [-0.15, -0.1) is 11.8 Å². The molecule has 1 aromatic carbocycles. The van der Waals surface area contributed by atoms with Crippen molar-refractivity contribution in [3.05, 3.63) is 41.6 Å². The molecule has 0 amide bonds. The zero-order chi connectivity index (χ0) is 12.6. The smallest absolute Gasteiger partial charge is 0.312 e. The van der Waals surface area contributed by atoms with E-state index in [1.165, 1.54) is 0 Å². The Kier molecular flexibility index (Phi) is 6.41. The van der Waals surface area contributed by atoms with Gasteiger partial charge in [-0.2, -0.15) is 0 Å². The highest BCUT2D eigenvalue weighted by atomic mass is 32.2. The number of benzene rings is 1. The first-order valence-electron chi connectivity index (χ1n) is 5.57. The van der Waals surface area contributed by atoms with Gasteiger partial charge in [0.25, 0.3) is 0 Å². The Morgan fingerprint density at radius 2 is 2.06 bits per heavy atom. The van der Waals surface area contributed by atoms with E-state index in [0.29, 0.717) is 6.61 Å². The highest BCUT2D eigenvalue weighted by Gasteiger charge is 2.18. The van der Waals surface area contributed by atoms with Crippen LogP contribution in [-0.2, 0) is 9.09 Å². The van der Waals surface area contributed by atoms with E-state index < -0.39 is 7.52 Å². The molecule has 0 heterocycles. The van der Waals surface area contributed by atoms with Crippen LogP contribution in [0.4, 0.5) is 5.69 Å². The summed E-state index contributed by atoms with van der Waals surface area (Å²) < 4.78 is 17.7. The van der Waals surface area contributed by atoms with Crippen LogP contribution < -0.4 is 5.09 Å². The van der Waals surface area contributed by atoms with Gasteiger partial charge >= 0.3 is 7.52 Å². The van der Waals surface area contributed by atoms with Gasteiger partial charge in [0.2, 0.25) is 0 Å². The minimum atomic E-state index is -2.92. The molecule has 0 fully saturated rings. The first-order valence-corrected chi connectivity index (χ1v) is 8.31. The standard InChI is InChI=1S/C12H18NO2PS/c1-3-15-16(14,10-11-17-4-2)13-12-8-6-5-7-9-12/h5-11H,3-4H2,1-2H3,(H,13,14)/b11-10-. The van der Waals surface area contributed by atoms with Gasteiger partial charge in [-0.1, -0.05) is 25.1 Å². The summed E-state index contributed by atoms with van der Waals surface area (Å²) in [6.07, 6.45) is 0. The maximum atomic E-state index is 12.4. The molecule has 0 saturated heterocycles. The maximum absolute atomic E-state index is 12.4. The van der Waals surface area contributed by atoms with Crippen molar-refractivity contribution in [2.45, 2.75) is 13.8 Å². The molecule has 0 saturated carbocycles. The molecule has 1 atom stereocenters. The summed E-state index contributed by atoms with van der Waals surface area (Å²) in [6.45, 7) is 4.30. The van der Waals surface area contributed by atoms with E-state index in [1.54, 1.807) is 17.6 Å². The number of hydrogen-bond acceptors (Lipinski definition) is 3. The summed E-state index contributed by atoms with van der Waals surface area (Å²) in [7, 11) is -2.92. The van der Waals surface area contributed by atoms with Crippen LogP contribution in [0.5, 0.6) is 0 Å². The summed E-state index contributed by atoms with van der Waals surface area (Å²) in [6, 6.07) is 9.44. The van der Waals surface area contributed by atoms with E-state index in [2.05, 4.69) is 5.09 Å². The lowest BCUT2D eigenvalue weighted by molar-refractivity contribution is 0.344. The van der Waals surface area contributed by atoms with Crippen LogP contribution in [0, 0.1) is 0 Å². The van der Waals surface area contributed by atoms with Gasteiger partial charge in [-0.25, -0.2) is 0 Å². The Balaban J connectivity index is 2.74. The van der Waals surface area contributed by atoms with Gasteiger partial charge in [0.1, 0.15) is 0 Å². The molecule has 3 nitrogen and oxygen atoms in total. The minimum Gasteiger partial charge on any atom is -0.312 e. The van der Waals surface area contributed by atoms with Crippen molar-refractivity contribution in [1.29, 1.82) is 0 Å². The summed E-state index contributed by atoms with van der Waals surface area (Å²) in [5.41, 5.74) is 0.801. The normalized spacial score (nSPS) is 14.7. The zero-order valence-electron chi connectivity index (χ0n) is 10.1. The number of nitrogens with one attached hydrogen (secondary N) is 1. The fourth-order valence-electron chi connectivity index (χ4n) is 1.22. The Hall–Kier alpha value is -0.700. The number of hydrogen-bond donors (Lipinski definition) is 1. The Labute approximate surface area is 107 Å². The molecule has 0 aliphatic heterocycles. The summed E-state index contributed by atoms with van der Waals surface area (Å²) >= 11 is 1.60. The second-order valence-electron chi connectivity index (χ2n) is 3.23. The second kappa shape index (κ2) is 7.59. The molecule has 0 bridgehead atoms. The van der Waals surface area contributed by atoms with Crippen molar-refractivity contribution in [3.63, 3.8) is 0 Å². The molecule has 0 aliphatic rings. The minimum absolute atomic E-state index is 0.415. The van der Waals surface area contributed by atoms with E-state index in [1.807, 2.05) is 49.6 Å². The Morgan fingerprint density at radius 1 is 1.35 bits per heavy atom. The molecule has 5 heteroatoms. The molecular formula is C12H18NO2PS. The Bertz CT molecular complexity index is 395. The molecule has 94 valence electrons. The fourth-order valence-corrected chi connectivity index (χ4v) is 3.51. The molecule has 0 radical (unpaired) electrons. The van der Waals surface area contributed by atoms with Gasteiger partial charge in [-0.05, 0) is 30.2 Å². The third-order valence-corrected chi connectivity index (χ3v) is 4.52. The predicted octanol–water partition coefficient (Wildman–Crippen LogP) is 4.55. The highest BCUT2D eigenvalue weighted by Crippen LogP contribution is 2.48. The molecule has 1 N–H and O–H groups in total. The molecule has 0 spiro atoms. The van der Waals surface area contributed by atoms with Crippen LogP contribution in [0.2, 0.25) is 0 Å². The molecule has 1 unspecified atom stereocenters. The van der Waals surface area contributed by atoms with Crippen molar-refractivity contribution in [3.8, 4) is 0 Å². The van der Waals surface area contributed by atoms with Gasteiger partial charge in [0, 0.05) is 11.5 Å². The monoisotopic (exact) mass is 271 g/mol. The van der Waals surface area contributed by atoms with Crippen molar-refractivity contribution >= 4 is 25.0 Å². The number of rotatable bonds is 7. The van der Waals surface area contributed by atoms with Crippen molar-refractivity contribution in [2.24, 2.45) is 0 Å². The molecule has 17 heavy (non-hydrogen) atoms. The Morgan fingerprint density at radius 3 is 2.65 bits per heavy atom. The highest BCUT2D eigenvalue weighted by molar-refractivity contribution is 8.02. The fraction of sp³-hybridized carbons (Fsp3) is 0.333. The van der Waals surface area contributed by atoms with Crippen molar-refractivity contribution < 1.29 is 9.09 Å². The van der Waals surface area contributed by atoms with Gasteiger partial charge in [-0.3, -0.25) is 4.57 Å². The zero-order valence-corrected chi connectivity index (χ0v) is 11.8. The summed E-state index contributed by atoms with van der Waals surface area (Å²) in [5, 5.41) is 4.77. The first kappa shape index (κ1) is 14.4. The van der Waals surface area contributed by atoms with Crippen LogP contribution in [0.25, 0.3) is 0 Å². The van der Waals surface area contributed by atoms with Crippen LogP contribution in [0.3, 0.4) is 0 Å². The molecular weight excluding hydrogens is 253 g/mol. The van der Waals surface area contributed by atoms with Crippen LogP contribution >= 0.6 is 19.3 Å². The molecule has 0 aromatic heterocycles. The maximum Gasteiger partial charge on any atom is 0.317 e. The second-order valence-corrected chi connectivity index (χ2v) is 6.39. The van der Waals surface area contributed by atoms with Crippen molar-refractivity contribution in [1.82, 2.24) is 0 Å². The van der Waals surface area contributed by atoms with Gasteiger partial charge in [0.05, 0.1) is 6.61 Å². The quantitative estimate of drug-likeness (QED) is 0.738. The molecule has 1 aromatic rings. The van der Waals surface area contributed by atoms with E-state index in [9.17, 15) is 4.57 Å². The third kappa shape index (κ3) is 5.44. The molecule has 0 aliphatic carbocycles. The topological polar surface area (TPSA) is 38.3 Å². The molecule has 1 rings (SSSR count). The van der Waals surface area contributed by atoms with Crippen LogP contribution in [0.1, 0.15) is 13.8 Å². The van der Waals surface area contributed by atoms with E-state index in [0.717, 1.165) is 11.4 Å². The van der Waals surface area contributed by atoms with Crippen LogP contribution in [0.15, 0.2) is 41.6 Å². The summed E-state index contributed by atoms with van der Waals surface area (Å²) in [4.78, 5) is 0. The van der Waals surface area contributed by atoms with E-state index in [-0.39, 0.29) is 0 Å². The summed E-state index contributed by atoms with van der Waals surface area (Å²) in [5.74, 6) is 2.58. The largest absolute Gasteiger partial charge is 0.317 e. The number of para-hydroxylation sites is 1. The number of thioether (sulfide) groups is 1. The number of anilines is 1. The van der Waals surface area contributed by atoms with Crippen molar-refractivity contribution in [2.75, 3.05) is 17.4 Å². The average molecular weight is 271 g/mol. The first-order chi connectivity index (χ1) is 8.20. The van der Waals surface area contributed by atoms with Gasteiger partial charge in [0.15, 0.2) is 0 Å². The SMILES string of the molecule is CCOP(=O)(/C=C\SCC)Nc1ccccc1.